The summed E-state index contributed by atoms with van der Waals surface area (Å²) in [4.78, 5) is 24.4. The summed E-state index contributed by atoms with van der Waals surface area (Å²) in [5.74, 6) is -0.889. The lowest BCUT2D eigenvalue weighted by molar-refractivity contribution is -0.139. The molecule has 0 aromatic carbocycles. The quantitative estimate of drug-likeness (QED) is 0.701. The van der Waals surface area contributed by atoms with Crippen LogP contribution in [0.1, 0.15) is 45.4 Å². The zero-order valence-electron chi connectivity index (χ0n) is 11.7. The van der Waals surface area contributed by atoms with Gasteiger partial charge in [0.15, 0.2) is 0 Å². The Labute approximate surface area is 113 Å². The van der Waals surface area contributed by atoms with Crippen molar-refractivity contribution in [3.05, 3.63) is 0 Å². The standard InChI is InChI=1S/C13H24N2O4/c1-10(16)9-15(2)12(19)14-13(8-11(17)18)6-4-3-5-7-13/h10,16H,3-9H2,1-2H3,(H,14,19)(H,17,18). The number of carbonyl (C=O) groups excluding carboxylic acids is 1. The molecule has 1 aliphatic rings. The maximum Gasteiger partial charge on any atom is 0.317 e. The Morgan fingerprint density at radius 1 is 1.32 bits per heavy atom. The van der Waals surface area contributed by atoms with E-state index in [1.165, 1.54) is 4.90 Å². The molecule has 1 fully saturated rings. The molecule has 0 aliphatic heterocycles. The number of aliphatic carboxylic acids is 1. The number of carboxylic acids is 1. The Hall–Kier alpha value is -1.30. The number of nitrogens with one attached hydrogen (secondary N) is 1. The summed E-state index contributed by atoms with van der Waals surface area (Å²) < 4.78 is 0. The van der Waals surface area contributed by atoms with Gasteiger partial charge in [-0.2, -0.15) is 0 Å². The average molecular weight is 272 g/mol. The predicted octanol–water partition coefficient (Wildman–Crippen LogP) is 1.19. The molecule has 1 atom stereocenters. The van der Waals surface area contributed by atoms with Gasteiger partial charge in [-0.05, 0) is 19.8 Å². The average Bonchev–Trinajstić information content (AvgIpc) is 2.27. The predicted molar refractivity (Wildman–Crippen MR) is 70.9 cm³/mol. The summed E-state index contributed by atoms with van der Waals surface area (Å²) in [6, 6.07) is -0.316. The van der Waals surface area contributed by atoms with Gasteiger partial charge in [-0.1, -0.05) is 19.3 Å². The summed E-state index contributed by atoms with van der Waals surface area (Å²) in [5, 5.41) is 21.2. The van der Waals surface area contributed by atoms with E-state index in [9.17, 15) is 14.7 Å². The van der Waals surface area contributed by atoms with E-state index in [0.717, 1.165) is 19.3 Å². The molecular weight excluding hydrogens is 248 g/mol. The SMILES string of the molecule is CC(O)CN(C)C(=O)NC1(CC(=O)O)CCCCC1. The second-order valence-corrected chi connectivity index (χ2v) is 5.57. The van der Waals surface area contributed by atoms with Gasteiger partial charge in [-0.25, -0.2) is 4.79 Å². The molecule has 0 heterocycles. The van der Waals surface area contributed by atoms with Crippen molar-refractivity contribution in [3.63, 3.8) is 0 Å². The molecule has 3 N–H and O–H groups in total. The van der Waals surface area contributed by atoms with E-state index >= 15 is 0 Å². The van der Waals surface area contributed by atoms with Crippen molar-refractivity contribution in [3.8, 4) is 0 Å². The van der Waals surface area contributed by atoms with Crippen molar-refractivity contribution in [1.82, 2.24) is 10.2 Å². The van der Waals surface area contributed by atoms with E-state index in [0.29, 0.717) is 12.8 Å². The molecule has 6 heteroatoms. The third-order valence-corrected chi connectivity index (χ3v) is 3.56. The van der Waals surface area contributed by atoms with Gasteiger partial charge < -0.3 is 20.4 Å². The maximum absolute atomic E-state index is 12.0. The highest BCUT2D eigenvalue weighted by atomic mass is 16.4. The first-order valence-corrected chi connectivity index (χ1v) is 6.78. The molecule has 1 rings (SSSR count). The molecule has 6 nitrogen and oxygen atoms in total. The van der Waals surface area contributed by atoms with E-state index in [2.05, 4.69) is 5.32 Å². The molecule has 0 radical (unpaired) electrons. The van der Waals surface area contributed by atoms with Gasteiger partial charge in [-0.15, -0.1) is 0 Å². The number of hydrogen-bond acceptors (Lipinski definition) is 3. The van der Waals surface area contributed by atoms with Crippen LogP contribution in [-0.4, -0.2) is 52.3 Å². The summed E-state index contributed by atoms with van der Waals surface area (Å²) in [7, 11) is 1.60. The summed E-state index contributed by atoms with van der Waals surface area (Å²) >= 11 is 0. The van der Waals surface area contributed by atoms with E-state index in [4.69, 9.17) is 5.11 Å². The first kappa shape index (κ1) is 15.8. The Morgan fingerprint density at radius 3 is 2.37 bits per heavy atom. The molecule has 110 valence electrons. The van der Waals surface area contributed by atoms with Crippen molar-refractivity contribution in [2.24, 2.45) is 0 Å². The minimum Gasteiger partial charge on any atom is -0.481 e. The first-order valence-electron chi connectivity index (χ1n) is 6.78. The van der Waals surface area contributed by atoms with E-state index in [-0.39, 0.29) is 19.0 Å². The number of carboxylic acid groups (broad SMARTS) is 1. The molecule has 1 saturated carbocycles. The number of amides is 2. The highest BCUT2D eigenvalue weighted by Gasteiger charge is 2.36. The molecule has 2 amide bonds. The number of hydrogen-bond donors (Lipinski definition) is 3. The zero-order chi connectivity index (χ0) is 14.5. The van der Waals surface area contributed by atoms with Crippen LogP contribution in [0, 0.1) is 0 Å². The maximum atomic E-state index is 12.0. The smallest absolute Gasteiger partial charge is 0.317 e. The summed E-state index contributed by atoms with van der Waals surface area (Å²) in [5.41, 5.74) is -0.631. The summed E-state index contributed by atoms with van der Waals surface area (Å²) in [6.45, 7) is 1.84. The zero-order valence-corrected chi connectivity index (χ0v) is 11.7. The second-order valence-electron chi connectivity index (χ2n) is 5.57. The highest BCUT2D eigenvalue weighted by molar-refractivity contribution is 5.76. The lowest BCUT2D eigenvalue weighted by Gasteiger charge is -2.38. The van der Waals surface area contributed by atoms with Crippen LogP contribution in [0.4, 0.5) is 4.79 Å². The summed E-state index contributed by atoms with van der Waals surface area (Å²) in [6.07, 6.45) is 3.72. The van der Waals surface area contributed by atoms with Crippen LogP contribution < -0.4 is 5.32 Å². The topological polar surface area (TPSA) is 89.9 Å². The van der Waals surface area contributed by atoms with Gasteiger partial charge in [0, 0.05) is 13.6 Å². The van der Waals surface area contributed by atoms with Crippen LogP contribution in [0.3, 0.4) is 0 Å². The third kappa shape index (κ3) is 5.06. The fourth-order valence-electron chi connectivity index (χ4n) is 2.67. The van der Waals surface area contributed by atoms with Crippen LogP contribution in [0.15, 0.2) is 0 Å². The number of urea groups is 1. The van der Waals surface area contributed by atoms with Gasteiger partial charge in [0.1, 0.15) is 0 Å². The number of carbonyl (C=O) groups is 2. The highest BCUT2D eigenvalue weighted by Crippen LogP contribution is 2.31. The molecular formula is C13H24N2O4. The Kier molecular flexibility index (Phi) is 5.60. The molecule has 0 saturated heterocycles. The van der Waals surface area contributed by atoms with Gasteiger partial charge in [0.25, 0.3) is 0 Å². The number of nitrogens with zero attached hydrogens (tertiary/aromatic N) is 1. The van der Waals surface area contributed by atoms with Gasteiger partial charge in [0.05, 0.1) is 18.1 Å². The third-order valence-electron chi connectivity index (χ3n) is 3.56. The van der Waals surface area contributed by atoms with Crippen LogP contribution in [0.25, 0.3) is 0 Å². The van der Waals surface area contributed by atoms with Crippen molar-refractivity contribution >= 4 is 12.0 Å². The molecule has 1 unspecified atom stereocenters. The van der Waals surface area contributed by atoms with Gasteiger partial charge in [0.2, 0.25) is 0 Å². The molecule has 0 aromatic rings. The van der Waals surface area contributed by atoms with Gasteiger partial charge >= 0.3 is 12.0 Å². The largest absolute Gasteiger partial charge is 0.481 e. The lowest BCUT2D eigenvalue weighted by Crippen LogP contribution is -2.55. The number of likely N-dealkylation sites (N-methyl/N-ethyl adjacent to an activating group) is 1. The molecule has 1 aliphatic carbocycles. The van der Waals surface area contributed by atoms with E-state index in [1.54, 1.807) is 14.0 Å². The van der Waals surface area contributed by atoms with Crippen LogP contribution in [0.5, 0.6) is 0 Å². The minimum absolute atomic E-state index is 0.0404. The lowest BCUT2D eigenvalue weighted by atomic mass is 9.79. The molecule has 0 aromatic heterocycles. The van der Waals surface area contributed by atoms with Crippen molar-refractivity contribution in [1.29, 1.82) is 0 Å². The minimum atomic E-state index is -0.889. The fourth-order valence-corrected chi connectivity index (χ4v) is 2.67. The van der Waals surface area contributed by atoms with E-state index in [1.807, 2.05) is 0 Å². The van der Waals surface area contributed by atoms with Crippen molar-refractivity contribution in [2.75, 3.05) is 13.6 Å². The monoisotopic (exact) mass is 272 g/mol. The Morgan fingerprint density at radius 2 is 1.89 bits per heavy atom. The Bertz CT molecular complexity index is 325. The van der Waals surface area contributed by atoms with Gasteiger partial charge in [-0.3, -0.25) is 4.79 Å². The number of aliphatic hydroxyl groups is 1. The van der Waals surface area contributed by atoms with E-state index < -0.39 is 17.6 Å². The molecule has 0 spiro atoms. The van der Waals surface area contributed by atoms with Crippen LogP contribution in [0.2, 0.25) is 0 Å². The second kappa shape index (κ2) is 6.75. The fraction of sp³-hybridized carbons (Fsp3) is 0.846. The number of rotatable bonds is 5. The number of aliphatic hydroxyl groups excluding tert-OH is 1. The normalized spacial score (nSPS) is 19.5. The first-order chi connectivity index (χ1) is 8.84. The molecule has 19 heavy (non-hydrogen) atoms. The van der Waals surface area contributed by atoms with Crippen LogP contribution in [-0.2, 0) is 4.79 Å². The van der Waals surface area contributed by atoms with Crippen LogP contribution >= 0.6 is 0 Å². The van der Waals surface area contributed by atoms with Crippen molar-refractivity contribution < 1.29 is 19.8 Å². The Balaban J connectivity index is 2.66. The molecule has 0 bridgehead atoms. The van der Waals surface area contributed by atoms with Crippen molar-refractivity contribution in [2.45, 2.75) is 57.1 Å².